The van der Waals surface area contributed by atoms with Gasteiger partial charge < -0.3 is 0 Å². The van der Waals surface area contributed by atoms with E-state index in [1.54, 1.807) is 0 Å². The third-order valence-corrected chi connectivity index (χ3v) is 2.01. The molecule has 0 fully saturated rings. The van der Waals surface area contributed by atoms with Crippen LogP contribution in [0.5, 0.6) is 0 Å². The first-order valence-electron chi connectivity index (χ1n) is 4.87. The Morgan fingerprint density at radius 2 is 1.75 bits per heavy atom. The van der Waals surface area contributed by atoms with E-state index in [0.29, 0.717) is 11.8 Å². The van der Waals surface area contributed by atoms with Gasteiger partial charge in [0.05, 0.1) is 0 Å². The van der Waals surface area contributed by atoms with Crippen molar-refractivity contribution in [1.29, 1.82) is 0 Å². The Balaban J connectivity index is 3.74. The number of hydrogen-bond acceptors (Lipinski definition) is 0. The highest BCUT2D eigenvalue weighted by Crippen LogP contribution is 2.09. The van der Waals surface area contributed by atoms with Crippen LogP contribution in [0.2, 0.25) is 0 Å². The van der Waals surface area contributed by atoms with E-state index in [2.05, 4.69) is 52.8 Å². The van der Waals surface area contributed by atoms with Crippen LogP contribution in [0.15, 0.2) is 23.8 Å². The molecule has 0 aliphatic heterocycles. The second kappa shape index (κ2) is 6.05. The fourth-order valence-corrected chi connectivity index (χ4v) is 0.840. The maximum Gasteiger partial charge on any atom is -0.0166 e. The van der Waals surface area contributed by atoms with Crippen molar-refractivity contribution >= 4 is 0 Å². The van der Waals surface area contributed by atoms with Crippen molar-refractivity contribution in [3.63, 3.8) is 0 Å². The van der Waals surface area contributed by atoms with Crippen molar-refractivity contribution in [3.05, 3.63) is 23.8 Å². The number of rotatable bonds is 4. The summed E-state index contributed by atoms with van der Waals surface area (Å²) in [6.07, 6.45) is 7.90. The average molecular weight is 166 g/mol. The van der Waals surface area contributed by atoms with Gasteiger partial charge in [-0.15, -0.1) is 0 Å². The van der Waals surface area contributed by atoms with Crippen LogP contribution in [0, 0.1) is 11.8 Å². The van der Waals surface area contributed by atoms with Gasteiger partial charge in [0.15, 0.2) is 0 Å². The zero-order valence-corrected chi connectivity index (χ0v) is 9.09. The Morgan fingerprint density at radius 3 is 2.17 bits per heavy atom. The Labute approximate surface area is 77.4 Å². The first-order valence-corrected chi connectivity index (χ1v) is 4.87. The zero-order chi connectivity index (χ0) is 9.56. The monoisotopic (exact) mass is 166 g/mol. The molecule has 0 unspecified atom stereocenters. The van der Waals surface area contributed by atoms with Crippen molar-refractivity contribution in [2.75, 3.05) is 0 Å². The lowest BCUT2D eigenvalue weighted by Gasteiger charge is -2.02. The quantitative estimate of drug-likeness (QED) is 0.549. The molecule has 0 heterocycles. The average Bonchev–Trinajstić information content (AvgIpc) is 1.97. The molecule has 0 aromatic rings. The summed E-state index contributed by atoms with van der Waals surface area (Å²) in [6, 6.07) is 0. The summed E-state index contributed by atoms with van der Waals surface area (Å²) in [7, 11) is 0. The smallest absolute Gasteiger partial charge is 0.0166 e. The van der Waals surface area contributed by atoms with Crippen LogP contribution < -0.4 is 0 Å². The van der Waals surface area contributed by atoms with Crippen molar-refractivity contribution < 1.29 is 0 Å². The minimum atomic E-state index is 0.678. The fraction of sp³-hybridized carbons (Fsp3) is 0.667. The molecule has 0 aliphatic carbocycles. The maximum atomic E-state index is 2.31. The van der Waals surface area contributed by atoms with Crippen LogP contribution in [-0.4, -0.2) is 0 Å². The predicted octanol–water partition coefficient (Wildman–Crippen LogP) is 4.19. The van der Waals surface area contributed by atoms with Gasteiger partial charge in [-0.05, 0) is 25.2 Å². The highest BCUT2D eigenvalue weighted by molar-refractivity contribution is 5.04. The molecule has 0 rings (SSSR count). The second-order valence-corrected chi connectivity index (χ2v) is 4.01. The topological polar surface area (TPSA) is 0 Å². The lowest BCUT2D eigenvalue weighted by atomic mass is 10.0. The first kappa shape index (κ1) is 11.5. The van der Waals surface area contributed by atoms with Crippen LogP contribution in [0.3, 0.4) is 0 Å². The van der Waals surface area contributed by atoms with E-state index < -0.39 is 0 Å². The summed E-state index contributed by atoms with van der Waals surface area (Å²) in [6.45, 7) is 11.1. The van der Waals surface area contributed by atoms with Crippen LogP contribution >= 0.6 is 0 Å². The van der Waals surface area contributed by atoms with Crippen molar-refractivity contribution in [2.45, 2.75) is 41.0 Å². The normalized spacial score (nSPS) is 13.8. The van der Waals surface area contributed by atoms with E-state index in [1.807, 2.05) is 0 Å². The Bertz CT molecular complexity index is 159. The molecule has 70 valence electrons. The molecule has 12 heavy (non-hydrogen) atoms. The summed E-state index contributed by atoms with van der Waals surface area (Å²) in [5.74, 6) is 1.37. The van der Waals surface area contributed by atoms with Crippen molar-refractivity contribution in [2.24, 2.45) is 11.8 Å². The molecule has 0 heteroatoms. The van der Waals surface area contributed by atoms with E-state index in [-0.39, 0.29) is 0 Å². The number of allylic oxidation sites excluding steroid dienone is 4. The van der Waals surface area contributed by atoms with Gasteiger partial charge in [0, 0.05) is 0 Å². The Kier molecular flexibility index (Phi) is 5.79. The first-order chi connectivity index (χ1) is 5.54. The Morgan fingerprint density at radius 1 is 1.17 bits per heavy atom. The third-order valence-electron chi connectivity index (χ3n) is 2.01. The highest BCUT2D eigenvalue weighted by Gasteiger charge is 1.93. The molecule has 0 atom stereocenters. The van der Waals surface area contributed by atoms with Crippen molar-refractivity contribution in [1.82, 2.24) is 0 Å². The van der Waals surface area contributed by atoms with E-state index >= 15 is 0 Å². The van der Waals surface area contributed by atoms with Gasteiger partial charge in [0.1, 0.15) is 0 Å². The zero-order valence-electron chi connectivity index (χ0n) is 9.09. The molecule has 0 bridgehead atoms. The van der Waals surface area contributed by atoms with E-state index in [9.17, 15) is 0 Å². The molecule has 0 N–H and O–H groups in total. The fourth-order valence-electron chi connectivity index (χ4n) is 0.840. The molecular weight excluding hydrogens is 144 g/mol. The summed E-state index contributed by atoms with van der Waals surface area (Å²) in [5, 5.41) is 0. The van der Waals surface area contributed by atoms with Gasteiger partial charge in [-0.3, -0.25) is 0 Å². The molecule has 0 aliphatic rings. The lowest BCUT2D eigenvalue weighted by molar-refractivity contribution is 0.764. The highest BCUT2D eigenvalue weighted by atomic mass is 14.0. The van der Waals surface area contributed by atoms with Crippen LogP contribution in [0.1, 0.15) is 41.0 Å². The van der Waals surface area contributed by atoms with Gasteiger partial charge >= 0.3 is 0 Å². The molecule has 0 spiro atoms. The third kappa shape index (κ3) is 6.21. The summed E-state index contributed by atoms with van der Waals surface area (Å²) in [5.41, 5.74) is 1.49. The summed E-state index contributed by atoms with van der Waals surface area (Å²) >= 11 is 0. The Hall–Kier alpha value is -0.520. The molecule has 0 saturated carbocycles. The van der Waals surface area contributed by atoms with Gasteiger partial charge in [0.25, 0.3) is 0 Å². The van der Waals surface area contributed by atoms with E-state index in [1.165, 1.54) is 5.57 Å². The molecule has 0 amide bonds. The van der Waals surface area contributed by atoms with E-state index in [4.69, 9.17) is 0 Å². The standard InChI is InChI=1S/C12H22/c1-10(2)8-6-7-9-12(5)11(3)4/h6,8-11H,7H2,1-5H3/b8-6-,12-9-. The molecule has 0 nitrogen and oxygen atoms in total. The minimum absolute atomic E-state index is 0.678. The predicted molar refractivity (Wildman–Crippen MR) is 57.2 cm³/mol. The molecule has 0 aromatic heterocycles. The van der Waals surface area contributed by atoms with Crippen LogP contribution in [0.25, 0.3) is 0 Å². The maximum absolute atomic E-state index is 2.31. The largest absolute Gasteiger partial charge is 0.0857 e. The van der Waals surface area contributed by atoms with Crippen LogP contribution in [0.4, 0.5) is 0 Å². The second-order valence-electron chi connectivity index (χ2n) is 4.01. The van der Waals surface area contributed by atoms with Gasteiger partial charge in [-0.25, -0.2) is 0 Å². The summed E-state index contributed by atoms with van der Waals surface area (Å²) < 4.78 is 0. The molecule has 0 saturated heterocycles. The minimum Gasteiger partial charge on any atom is -0.0857 e. The molecule has 0 radical (unpaired) electrons. The molecule has 0 aromatic carbocycles. The molecular formula is C12H22. The summed E-state index contributed by atoms with van der Waals surface area (Å²) in [4.78, 5) is 0. The van der Waals surface area contributed by atoms with Gasteiger partial charge in [-0.2, -0.15) is 0 Å². The van der Waals surface area contributed by atoms with Gasteiger partial charge in [0.2, 0.25) is 0 Å². The lowest BCUT2D eigenvalue weighted by Crippen LogP contribution is -1.87. The van der Waals surface area contributed by atoms with Gasteiger partial charge in [-0.1, -0.05) is 51.5 Å². The van der Waals surface area contributed by atoms with Crippen LogP contribution in [-0.2, 0) is 0 Å². The van der Waals surface area contributed by atoms with E-state index in [0.717, 1.165) is 6.42 Å². The number of hydrogen-bond donors (Lipinski definition) is 0. The van der Waals surface area contributed by atoms with Crippen molar-refractivity contribution in [3.8, 4) is 0 Å². The SMILES string of the molecule is C/C(=C/C/C=C\C(C)C)C(C)C.